The Morgan fingerprint density at radius 1 is 1.19 bits per heavy atom. The van der Waals surface area contributed by atoms with Gasteiger partial charge in [-0.05, 0) is 36.6 Å². The Morgan fingerprint density at radius 3 is 2.78 bits per heavy atom. The number of nitrogens with zero attached hydrogens (tertiary/aromatic N) is 2. The summed E-state index contributed by atoms with van der Waals surface area (Å²) < 4.78 is 11.8. The van der Waals surface area contributed by atoms with E-state index < -0.39 is 5.97 Å². The largest absolute Gasteiger partial charge is 0.489 e. The minimum absolute atomic E-state index is 0.222. The Kier molecular flexibility index (Phi) is 6.27. The van der Waals surface area contributed by atoms with Gasteiger partial charge < -0.3 is 20.5 Å². The summed E-state index contributed by atoms with van der Waals surface area (Å²) in [5.74, 6) is 0.229. The molecule has 0 unspecified atom stereocenters. The van der Waals surface area contributed by atoms with Crippen LogP contribution in [0.25, 0.3) is 10.1 Å². The van der Waals surface area contributed by atoms with Crippen molar-refractivity contribution in [3.8, 4) is 5.75 Å². The monoisotopic (exact) mass is 448 g/mol. The van der Waals surface area contributed by atoms with Gasteiger partial charge in [-0.1, -0.05) is 6.07 Å². The molecule has 4 rings (SSSR count). The average molecular weight is 449 g/mol. The summed E-state index contributed by atoms with van der Waals surface area (Å²) in [7, 11) is 0. The van der Waals surface area contributed by atoms with Crippen molar-refractivity contribution in [1.82, 2.24) is 9.97 Å². The highest BCUT2D eigenvalue weighted by atomic mass is 32.1. The molecule has 162 valence electrons. The molecule has 1 aromatic carbocycles. The minimum Gasteiger partial charge on any atom is -0.489 e. The molecular formula is C23H20N4O4S. The number of nitrogens with two attached hydrogens (primary N) is 1. The zero-order valence-corrected chi connectivity index (χ0v) is 18.0. The second-order valence-corrected chi connectivity index (χ2v) is 7.63. The molecule has 0 spiro atoms. The Labute approximate surface area is 188 Å². The van der Waals surface area contributed by atoms with E-state index in [4.69, 9.17) is 15.2 Å². The lowest BCUT2D eigenvalue weighted by Crippen LogP contribution is -2.11. The van der Waals surface area contributed by atoms with Crippen molar-refractivity contribution in [3.63, 3.8) is 0 Å². The molecule has 8 nitrogen and oxygen atoms in total. The van der Waals surface area contributed by atoms with Crippen molar-refractivity contribution in [2.75, 3.05) is 17.7 Å². The first-order valence-corrected chi connectivity index (χ1v) is 10.7. The van der Waals surface area contributed by atoms with Gasteiger partial charge in [0.05, 0.1) is 16.9 Å². The molecule has 0 aliphatic rings. The molecule has 9 heteroatoms. The van der Waals surface area contributed by atoms with E-state index in [1.54, 1.807) is 55.7 Å². The fraction of sp³-hybridized carbons (Fsp3) is 0.130. The highest BCUT2D eigenvalue weighted by Gasteiger charge is 2.18. The predicted molar refractivity (Wildman–Crippen MR) is 123 cm³/mol. The van der Waals surface area contributed by atoms with Crippen LogP contribution >= 0.6 is 11.3 Å². The average Bonchev–Trinajstić information content (AvgIpc) is 3.24. The third-order valence-electron chi connectivity index (χ3n) is 4.62. The summed E-state index contributed by atoms with van der Waals surface area (Å²) in [6.45, 7) is 2.25. The molecule has 4 aromatic rings. The number of hydrogen-bond acceptors (Lipinski definition) is 8. The Morgan fingerprint density at radius 2 is 2.00 bits per heavy atom. The number of thiophene rings is 1. The zero-order chi connectivity index (χ0) is 22.5. The summed E-state index contributed by atoms with van der Waals surface area (Å²) in [6.07, 6.45) is 4.56. The van der Waals surface area contributed by atoms with Gasteiger partial charge in [-0.25, -0.2) is 9.78 Å². The van der Waals surface area contributed by atoms with Gasteiger partial charge in [-0.2, -0.15) is 0 Å². The zero-order valence-electron chi connectivity index (χ0n) is 17.2. The van der Waals surface area contributed by atoms with Gasteiger partial charge >= 0.3 is 5.97 Å². The van der Waals surface area contributed by atoms with Crippen molar-refractivity contribution in [2.24, 2.45) is 0 Å². The van der Waals surface area contributed by atoms with E-state index in [-0.39, 0.29) is 19.1 Å². The topological polar surface area (TPSA) is 116 Å². The highest BCUT2D eigenvalue weighted by molar-refractivity contribution is 7.17. The van der Waals surface area contributed by atoms with Crippen molar-refractivity contribution in [3.05, 3.63) is 77.1 Å². The molecule has 0 fully saturated rings. The number of nitrogen functional groups attached to an aromatic ring is 1. The molecule has 3 heterocycles. The fourth-order valence-corrected chi connectivity index (χ4v) is 4.18. The summed E-state index contributed by atoms with van der Waals surface area (Å²) in [5.41, 5.74) is 8.39. The summed E-state index contributed by atoms with van der Waals surface area (Å²) in [5, 5.41) is 5.41. The third kappa shape index (κ3) is 4.52. The normalized spacial score (nSPS) is 10.7. The van der Waals surface area contributed by atoms with Crippen LogP contribution in [0.3, 0.4) is 0 Å². The molecule has 1 amide bonds. The van der Waals surface area contributed by atoms with Crippen molar-refractivity contribution < 1.29 is 19.1 Å². The molecule has 3 N–H and O–H groups in total. The minimum atomic E-state index is -0.433. The van der Waals surface area contributed by atoms with Gasteiger partial charge in [0.15, 0.2) is 0 Å². The van der Waals surface area contributed by atoms with Gasteiger partial charge in [-0.3, -0.25) is 9.78 Å². The van der Waals surface area contributed by atoms with E-state index in [1.165, 1.54) is 17.5 Å². The van der Waals surface area contributed by atoms with Crippen LogP contribution in [0.2, 0.25) is 0 Å². The molecule has 32 heavy (non-hydrogen) atoms. The molecule has 0 saturated heterocycles. The van der Waals surface area contributed by atoms with E-state index in [1.807, 2.05) is 5.38 Å². The maximum atomic E-state index is 12.4. The van der Waals surface area contributed by atoms with Gasteiger partial charge in [0.25, 0.3) is 5.91 Å². The highest BCUT2D eigenvalue weighted by Crippen LogP contribution is 2.33. The van der Waals surface area contributed by atoms with E-state index in [0.717, 1.165) is 5.56 Å². The van der Waals surface area contributed by atoms with Crippen LogP contribution in [-0.2, 0) is 11.3 Å². The van der Waals surface area contributed by atoms with Gasteiger partial charge in [0, 0.05) is 46.9 Å². The maximum Gasteiger partial charge on any atom is 0.341 e. The standard InChI is InChI=1S/C23H20N4O4S/c1-2-30-23(29)18-11-26-21(24)19-15(13-32-20(18)19)12-31-17-5-3-4-16(10-17)27-22(28)14-6-8-25-9-7-14/h3-11,13H,2,12H2,1H3,(H2,24,26)(H,27,28). The molecule has 0 radical (unpaired) electrons. The first kappa shape index (κ1) is 21.3. The van der Waals surface area contributed by atoms with E-state index in [0.29, 0.717) is 38.5 Å². The van der Waals surface area contributed by atoms with Crippen molar-refractivity contribution in [1.29, 1.82) is 0 Å². The SMILES string of the molecule is CCOC(=O)c1cnc(N)c2c(COc3cccc(NC(=O)c4ccncc4)c3)csc12. The number of benzene rings is 1. The van der Waals surface area contributed by atoms with E-state index >= 15 is 0 Å². The number of ether oxygens (including phenoxy) is 2. The third-order valence-corrected chi connectivity index (χ3v) is 5.69. The number of esters is 1. The Bertz CT molecular complexity index is 1270. The molecule has 0 atom stereocenters. The predicted octanol–water partition coefficient (Wildman–Crippen LogP) is 4.28. The Hall–Kier alpha value is -3.98. The molecule has 0 aliphatic carbocycles. The van der Waals surface area contributed by atoms with Crippen LogP contribution < -0.4 is 15.8 Å². The number of nitrogens with one attached hydrogen (secondary N) is 1. The number of rotatable bonds is 7. The van der Waals surface area contributed by atoms with Crippen molar-refractivity contribution >= 4 is 44.8 Å². The molecule has 3 aromatic heterocycles. The molecule has 0 aliphatic heterocycles. The van der Waals surface area contributed by atoms with Crippen LogP contribution in [0.1, 0.15) is 33.2 Å². The summed E-state index contributed by atoms with van der Waals surface area (Å²) in [4.78, 5) is 32.6. The lowest BCUT2D eigenvalue weighted by molar-refractivity contribution is 0.0528. The van der Waals surface area contributed by atoms with Crippen LogP contribution in [0.15, 0.2) is 60.4 Å². The Balaban J connectivity index is 1.50. The lowest BCUT2D eigenvalue weighted by Gasteiger charge is -2.10. The molecular weight excluding hydrogens is 428 g/mol. The lowest BCUT2D eigenvalue weighted by atomic mass is 10.1. The van der Waals surface area contributed by atoms with Gasteiger partial charge in [-0.15, -0.1) is 11.3 Å². The van der Waals surface area contributed by atoms with E-state index in [9.17, 15) is 9.59 Å². The maximum absolute atomic E-state index is 12.4. The number of carbonyl (C=O) groups is 2. The summed E-state index contributed by atoms with van der Waals surface area (Å²) in [6, 6.07) is 10.4. The van der Waals surface area contributed by atoms with Crippen LogP contribution in [0.5, 0.6) is 5.75 Å². The number of amides is 1. The van der Waals surface area contributed by atoms with Gasteiger partial charge in [0.1, 0.15) is 18.2 Å². The van der Waals surface area contributed by atoms with Gasteiger partial charge in [0.2, 0.25) is 0 Å². The number of hydrogen-bond donors (Lipinski definition) is 2. The first-order chi connectivity index (χ1) is 15.6. The number of fused-ring (bicyclic) bond motifs is 1. The summed E-state index contributed by atoms with van der Waals surface area (Å²) >= 11 is 1.39. The first-order valence-electron chi connectivity index (χ1n) is 9.82. The number of anilines is 2. The molecule has 0 bridgehead atoms. The van der Waals surface area contributed by atoms with Crippen molar-refractivity contribution in [2.45, 2.75) is 13.5 Å². The fourth-order valence-electron chi connectivity index (χ4n) is 3.12. The second kappa shape index (κ2) is 9.44. The van der Waals surface area contributed by atoms with E-state index in [2.05, 4.69) is 15.3 Å². The molecule has 0 saturated carbocycles. The van der Waals surface area contributed by atoms with Crippen LogP contribution in [0, 0.1) is 0 Å². The number of pyridine rings is 2. The quantitative estimate of drug-likeness (QED) is 0.405. The smallest absolute Gasteiger partial charge is 0.341 e. The van der Waals surface area contributed by atoms with Crippen LogP contribution in [0.4, 0.5) is 11.5 Å². The number of carbonyl (C=O) groups excluding carboxylic acids is 2. The number of aromatic nitrogens is 2. The van der Waals surface area contributed by atoms with Crippen LogP contribution in [-0.4, -0.2) is 28.5 Å². The second-order valence-electron chi connectivity index (χ2n) is 6.75.